The summed E-state index contributed by atoms with van der Waals surface area (Å²) in [6.45, 7) is 0. The summed E-state index contributed by atoms with van der Waals surface area (Å²) < 4.78 is 0. The Balaban J connectivity index is 2.19. The lowest BCUT2D eigenvalue weighted by Gasteiger charge is -2.07. The largest absolute Gasteiger partial charge is 0.322 e. The van der Waals surface area contributed by atoms with Crippen molar-refractivity contribution in [2.75, 3.05) is 5.32 Å². The second-order valence-electron chi connectivity index (χ2n) is 3.64. The van der Waals surface area contributed by atoms with Crippen molar-refractivity contribution in [2.24, 2.45) is 0 Å². The zero-order valence-electron chi connectivity index (χ0n) is 9.36. The molecule has 18 heavy (non-hydrogen) atoms. The number of alkyl halides is 1. The van der Waals surface area contributed by atoms with Crippen molar-refractivity contribution in [3.8, 4) is 0 Å². The van der Waals surface area contributed by atoms with Crippen molar-refractivity contribution >= 4 is 34.8 Å². The highest BCUT2D eigenvalue weighted by Gasteiger charge is 2.10. The molecular weight excluding hydrogens is 271 g/mol. The van der Waals surface area contributed by atoms with E-state index in [4.69, 9.17) is 23.2 Å². The van der Waals surface area contributed by atoms with Gasteiger partial charge in [-0.2, -0.15) is 0 Å². The SMILES string of the molecule is O=C(Nc1cccc(CCl)c1)c1ccncc1Cl. The number of amides is 1. The van der Waals surface area contributed by atoms with E-state index in [0.29, 0.717) is 22.2 Å². The van der Waals surface area contributed by atoms with Gasteiger partial charge in [-0.3, -0.25) is 9.78 Å². The van der Waals surface area contributed by atoms with E-state index >= 15 is 0 Å². The molecule has 1 heterocycles. The number of pyridine rings is 1. The van der Waals surface area contributed by atoms with Crippen LogP contribution in [0.25, 0.3) is 0 Å². The van der Waals surface area contributed by atoms with Crippen LogP contribution in [0.1, 0.15) is 15.9 Å². The Labute approximate surface area is 115 Å². The first-order valence-electron chi connectivity index (χ1n) is 5.26. The van der Waals surface area contributed by atoms with Crippen LogP contribution >= 0.6 is 23.2 Å². The van der Waals surface area contributed by atoms with Crippen molar-refractivity contribution in [3.63, 3.8) is 0 Å². The third kappa shape index (κ3) is 3.00. The first-order chi connectivity index (χ1) is 8.70. The van der Waals surface area contributed by atoms with Crippen LogP contribution in [0, 0.1) is 0 Å². The molecular formula is C13H10Cl2N2O. The van der Waals surface area contributed by atoms with Crippen molar-refractivity contribution < 1.29 is 4.79 Å². The second-order valence-corrected chi connectivity index (χ2v) is 4.32. The van der Waals surface area contributed by atoms with Gasteiger partial charge in [0.1, 0.15) is 0 Å². The Bertz CT molecular complexity index is 572. The third-order valence-electron chi connectivity index (χ3n) is 2.36. The maximum atomic E-state index is 12.0. The van der Waals surface area contributed by atoms with Gasteiger partial charge in [0.05, 0.1) is 10.6 Å². The Hall–Kier alpha value is -1.58. The van der Waals surface area contributed by atoms with Gasteiger partial charge in [0.2, 0.25) is 0 Å². The van der Waals surface area contributed by atoms with Crippen LogP contribution in [0.2, 0.25) is 5.02 Å². The van der Waals surface area contributed by atoms with E-state index in [0.717, 1.165) is 5.56 Å². The molecule has 92 valence electrons. The molecule has 0 atom stereocenters. The fraction of sp³-hybridized carbons (Fsp3) is 0.0769. The summed E-state index contributed by atoms with van der Waals surface area (Å²) in [6.07, 6.45) is 2.96. The maximum absolute atomic E-state index is 12.0. The molecule has 1 aromatic carbocycles. The predicted molar refractivity (Wildman–Crippen MR) is 73.2 cm³/mol. The van der Waals surface area contributed by atoms with Crippen LogP contribution in [0.4, 0.5) is 5.69 Å². The van der Waals surface area contributed by atoms with Gasteiger partial charge in [0.15, 0.2) is 0 Å². The number of carbonyl (C=O) groups excluding carboxylic acids is 1. The van der Waals surface area contributed by atoms with E-state index < -0.39 is 0 Å². The number of carbonyl (C=O) groups is 1. The average molecular weight is 281 g/mol. The molecule has 0 radical (unpaired) electrons. The minimum Gasteiger partial charge on any atom is -0.322 e. The van der Waals surface area contributed by atoms with Crippen LogP contribution in [0.15, 0.2) is 42.7 Å². The Morgan fingerprint density at radius 3 is 2.89 bits per heavy atom. The zero-order chi connectivity index (χ0) is 13.0. The molecule has 0 saturated carbocycles. The summed E-state index contributed by atoms with van der Waals surface area (Å²) in [6, 6.07) is 8.91. The van der Waals surface area contributed by atoms with Crippen molar-refractivity contribution in [1.29, 1.82) is 0 Å². The highest BCUT2D eigenvalue weighted by Crippen LogP contribution is 2.17. The molecule has 0 unspecified atom stereocenters. The lowest BCUT2D eigenvalue weighted by Crippen LogP contribution is -2.12. The number of aromatic nitrogens is 1. The number of benzene rings is 1. The number of anilines is 1. The van der Waals surface area contributed by atoms with Gasteiger partial charge < -0.3 is 5.32 Å². The molecule has 0 spiro atoms. The Morgan fingerprint density at radius 2 is 2.17 bits per heavy atom. The number of nitrogens with zero attached hydrogens (tertiary/aromatic N) is 1. The second kappa shape index (κ2) is 5.85. The highest BCUT2D eigenvalue weighted by molar-refractivity contribution is 6.34. The standard InChI is InChI=1S/C13H10Cl2N2O/c14-7-9-2-1-3-10(6-9)17-13(18)11-4-5-16-8-12(11)15/h1-6,8H,7H2,(H,17,18). The minimum absolute atomic E-state index is 0.269. The van der Waals surface area contributed by atoms with Gasteiger partial charge in [0, 0.05) is 24.0 Å². The molecule has 1 amide bonds. The smallest absolute Gasteiger partial charge is 0.257 e. The number of rotatable bonds is 3. The van der Waals surface area contributed by atoms with Crippen LogP contribution in [-0.2, 0) is 5.88 Å². The van der Waals surface area contributed by atoms with Crippen LogP contribution < -0.4 is 5.32 Å². The number of nitrogens with one attached hydrogen (secondary N) is 1. The summed E-state index contributed by atoms with van der Waals surface area (Å²) in [5.74, 6) is 0.133. The molecule has 1 N–H and O–H groups in total. The van der Waals surface area contributed by atoms with Crippen molar-refractivity contribution in [1.82, 2.24) is 4.98 Å². The third-order valence-corrected chi connectivity index (χ3v) is 2.97. The monoisotopic (exact) mass is 280 g/mol. The molecule has 0 aliphatic heterocycles. The molecule has 3 nitrogen and oxygen atoms in total. The fourth-order valence-corrected chi connectivity index (χ4v) is 1.86. The fourth-order valence-electron chi connectivity index (χ4n) is 1.49. The number of halogens is 2. The zero-order valence-corrected chi connectivity index (χ0v) is 10.9. The van der Waals surface area contributed by atoms with E-state index in [1.165, 1.54) is 12.4 Å². The minimum atomic E-state index is -0.269. The molecule has 0 aliphatic rings. The molecule has 2 rings (SSSR count). The van der Waals surface area contributed by atoms with E-state index in [1.807, 2.05) is 18.2 Å². The molecule has 0 fully saturated rings. The Kier molecular flexibility index (Phi) is 4.18. The van der Waals surface area contributed by atoms with Crippen LogP contribution in [0.3, 0.4) is 0 Å². The van der Waals surface area contributed by atoms with Crippen LogP contribution in [0.5, 0.6) is 0 Å². The molecule has 1 aromatic heterocycles. The van der Waals surface area contributed by atoms with Gasteiger partial charge in [-0.1, -0.05) is 23.7 Å². The summed E-state index contributed by atoms with van der Waals surface area (Å²) in [5, 5.41) is 3.09. The lowest BCUT2D eigenvalue weighted by molar-refractivity contribution is 0.102. The first-order valence-corrected chi connectivity index (χ1v) is 6.17. The number of hydrogen-bond acceptors (Lipinski definition) is 2. The van der Waals surface area contributed by atoms with E-state index in [-0.39, 0.29) is 5.91 Å². The number of hydrogen-bond donors (Lipinski definition) is 1. The molecule has 0 bridgehead atoms. The van der Waals surface area contributed by atoms with E-state index in [1.54, 1.807) is 12.1 Å². The maximum Gasteiger partial charge on any atom is 0.257 e. The van der Waals surface area contributed by atoms with E-state index in [9.17, 15) is 4.79 Å². The van der Waals surface area contributed by atoms with Gasteiger partial charge in [-0.25, -0.2) is 0 Å². The van der Waals surface area contributed by atoms with Gasteiger partial charge >= 0.3 is 0 Å². The normalized spacial score (nSPS) is 10.1. The van der Waals surface area contributed by atoms with Gasteiger partial charge in [-0.15, -0.1) is 11.6 Å². The highest BCUT2D eigenvalue weighted by atomic mass is 35.5. The molecule has 2 aromatic rings. The quantitative estimate of drug-likeness (QED) is 0.871. The first kappa shape index (κ1) is 12.9. The molecule has 5 heteroatoms. The van der Waals surface area contributed by atoms with Gasteiger partial charge in [-0.05, 0) is 23.8 Å². The Morgan fingerprint density at radius 1 is 1.33 bits per heavy atom. The van der Waals surface area contributed by atoms with Crippen molar-refractivity contribution in [2.45, 2.75) is 5.88 Å². The summed E-state index contributed by atoms with van der Waals surface area (Å²) >= 11 is 11.6. The summed E-state index contributed by atoms with van der Waals surface area (Å²) in [4.78, 5) is 15.8. The molecule has 0 saturated heterocycles. The van der Waals surface area contributed by atoms with E-state index in [2.05, 4.69) is 10.3 Å². The average Bonchev–Trinajstić information content (AvgIpc) is 2.39. The summed E-state index contributed by atoms with van der Waals surface area (Å²) in [7, 11) is 0. The van der Waals surface area contributed by atoms with Crippen LogP contribution in [-0.4, -0.2) is 10.9 Å². The van der Waals surface area contributed by atoms with Crippen molar-refractivity contribution in [3.05, 3.63) is 58.9 Å². The lowest BCUT2D eigenvalue weighted by atomic mass is 10.2. The topological polar surface area (TPSA) is 42.0 Å². The van der Waals surface area contributed by atoms with Gasteiger partial charge in [0.25, 0.3) is 5.91 Å². The molecule has 0 aliphatic carbocycles. The summed E-state index contributed by atoms with van der Waals surface area (Å²) in [5.41, 5.74) is 2.02. The predicted octanol–water partition coefficient (Wildman–Crippen LogP) is 3.73.